The van der Waals surface area contributed by atoms with Crippen molar-refractivity contribution in [2.24, 2.45) is 0 Å². The van der Waals surface area contributed by atoms with Crippen LogP contribution >= 0.6 is 0 Å². The fourth-order valence-electron chi connectivity index (χ4n) is 2.07. The molecule has 0 bridgehead atoms. The van der Waals surface area contributed by atoms with E-state index in [-0.39, 0.29) is 6.04 Å². The maximum absolute atomic E-state index is 5.18. The second-order valence-corrected chi connectivity index (χ2v) is 4.35. The Morgan fingerprint density at radius 3 is 2.72 bits per heavy atom. The van der Waals surface area contributed by atoms with Crippen LogP contribution in [0.4, 0.5) is 5.82 Å². The lowest BCUT2D eigenvalue weighted by Gasteiger charge is -2.14. The van der Waals surface area contributed by atoms with Crippen molar-refractivity contribution in [1.82, 2.24) is 15.1 Å². The van der Waals surface area contributed by atoms with Gasteiger partial charge < -0.3 is 9.84 Å². The van der Waals surface area contributed by atoms with Crippen LogP contribution in [0.2, 0.25) is 0 Å². The van der Waals surface area contributed by atoms with Crippen LogP contribution in [0.25, 0.3) is 0 Å². The molecule has 1 atom stereocenters. The van der Waals surface area contributed by atoms with E-state index in [1.165, 1.54) is 0 Å². The number of rotatable bonds is 4. The number of anilines is 1. The highest BCUT2D eigenvalue weighted by Gasteiger charge is 2.16. The third-order valence-electron chi connectivity index (χ3n) is 2.97. The summed E-state index contributed by atoms with van der Waals surface area (Å²) in [4.78, 5) is 8.40. The van der Waals surface area contributed by atoms with Gasteiger partial charge in [-0.15, -0.1) is 0 Å². The molecule has 18 heavy (non-hydrogen) atoms. The van der Waals surface area contributed by atoms with Crippen LogP contribution in [0.15, 0.2) is 16.9 Å². The lowest BCUT2D eigenvalue weighted by atomic mass is 10.1. The summed E-state index contributed by atoms with van der Waals surface area (Å²) < 4.78 is 5.18. The molecule has 0 spiro atoms. The minimum Gasteiger partial charge on any atom is -0.363 e. The van der Waals surface area contributed by atoms with Crippen LogP contribution in [0.1, 0.15) is 42.6 Å². The van der Waals surface area contributed by atoms with Crippen molar-refractivity contribution in [2.75, 3.05) is 5.32 Å². The van der Waals surface area contributed by atoms with E-state index in [9.17, 15) is 0 Å². The Morgan fingerprint density at radius 2 is 2.11 bits per heavy atom. The number of nitrogens with zero attached hydrogens (tertiary/aromatic N) is 3. The molecule has 96 valence electrons. The molecule has 0 aliphatic rings. The molecule has 0 fully saturated rings. The first-order valence-electron chi connectivity index (χ1n) is 6.12. The molecular formula is C13H18N4O. The third-order valence-corrected chi connectivity index (χ3v) is 2.97. The van der Waals surface area contributed by atoms with Crippen LogP contribution in [0, 0.1) is 13.8 Å². The highest BCUT2D eigenvalue weighted by molar-refractivity contribution is 5.40. The Hall–Kier alpha value is -1.91. The van der Waals surface area contributed by atoms with Crippen LogP contribution < -0.4 is 5.32 Å². The smallest absolute Gasteiger partial charge is 0.139 e. The van der Waals surface area contributed by atoms with E-state index in [4.69, 9.17) is 4.52 Å². The zero-order chi connectivity index (χ0) is 13.1. The highest BCUT2D eigenvalue weighted by atomic mass is 16.5. The first kappa shape index (κ1) is 12.5. The van der Waals surface area contributed by atoms with Gasteiger partial charge in [-0.2, -0.15) is 0 Å². The SMILES string of the molecule is CCc1cc(NC(C)c2c(C)noc2C)ncn1. The molecule has 0 aliphatic carbocycles. The fraction of sp³-hybridized carbons (Fsp3) is 0.462. The van der Waals surface area contributed by atoms with Crippen molar-refractivity contribution in [3.05, 3.63) is 35.1 Å². The lowest BCUT2D eigenvalue weighted by Crippen LogP contribution is -2.10. The molecule has 0 aromatic carbocycles. The van der Waals surface area contributed by atoms with E-state index in [0.29, 0.717) is 0 Å². The summed E-state index contributed by atoms with van der Waals surface area (Å²) in [5.74, 6) is 1.67. The number of nitrogens with one attached hydrogen (secondary N) is 1. The summed E-state index contributed by atoms with van der Waals surface area (Å²) in [6.45, 7) is 8.01. The third kappa shape index (κ3) is 2.50. The summed E-state index contributed by atoms with van der Waals surface area (Å²) in [5.41, 5.74) is 3.03. The molecule has 2 heterocycles. The minimum atomic E-state index is 0.107. The Bertz CT molecular complexity index is 516. The van der Waals surface area contributed by atoms with Crippen molar-refractivity contribution in [3.63, 3.8) is 0 Å². The molecule has 0 saturated carbocycles. The number of aryl methyl sites for hydroxylation is 3. The van der Waals surface area contributed by atoms with Crippen molar-refractivity contribution in [2.45, 2.75) is 40.2 Å². The van der Waals surface area contributed by atoms with Gasteiger partial charge >= 0.3 is 0 Å². The number of aromatic nitrogens is 3. The van der Waals surface area contributed by atoms with Gasteiger partial charge in [-0.3, -0.25) is 0 Å². The summed E-state index contributed by atoms with van der Waals surface area (Å²) >= 11 is 0. The molecule has 2 aromatic rings. The molecule has 1 unspecified atom stereocenters. The summed E-state index contributed by atoms with van der Waals surface area (Å²) in [5, 5.41) is 7.31. The monoisotopic (exact) mass is 246 g/mol. The van der Waals surface area contributed by atoms with E-state index in [1.54, 1.807) is 6.33 Å². The predicted molar refractivity (Wildman–Crippen MR) is 69.4 cm³/mol. The first-order chi connectivity index (χ1) is 8.61. The van der Waals surface area contributed by atoms with E-state index in [2.05, 4.69) is 34.3 Å². The van der Waals surface area contributed by atoms with Gasteiger partial charge in [-0.25, -0.2) is 9.97 Å². The Balaban J connectivity index is 2.18. The van der Waals surface area contributed by atoms with Gasteiger partial charge in [0.05, 0.1) is 11.7 Å². The molecule has 5 nitrogen and oxygen atoms in total. The van der Waals surface area contributed by atoms with Crippen molar-refractivity contribution < 1.29 is 4.52 Å². The molecular weight excluding hydrogens is 228 g/mol. The van der Waals surface area contributed by atoms with Gasteiger partial charge in [-0.1, -0.05) is 12.1 Å². The van der Waals surface area contributed by atoms with Crippen LogP contribution in [0.3, 0.4) is 0 Å². The quantitative estimate of drug-likeness (QED) is 0.898. The molecule has 5 heteroatoms. The molecule has 0 amide bonds. The van der Waals surface area contributed by atoms with Gasteiger partial charge in [0, 0.05) is 17.3 Å². The molecule has 0 radical (unpaired) electrons. The lowest BCUT2D eigenvalue weighted by molar-refractivity contribution is 0.392. The van der Waals surface area contributed by atoms with Crippen LogP contribution in [-0.2, 0) is 6.42 Å². The number of hydrogen-bond donors (Lipinski definition) is 1. The van der Waals surface area contributed by atoms with Gasteiger partial charge in [0.1, 0.15) is 17.9 Å². The second-order valence-electron chi connectivity index (χ2n) is 4.35. The largest absolute Gasteiger partial charge is 0.363 e. The topological polar surface area (TPSA) is 63.8 Å². The Morgan fingerprint density at radius 1 is 1.33 bits per heavy atom. The van der Waals surface area contributed by atoms with Crippen molar-refractivity contribution in [1.29, 1.82) is 0 Å². The zero-order valence-corrected chi connectivity index (χ0v) is 11.2. The molecule has 2 aromatic heterocycles. The Kier molecular flexibility index (Phi) is 3.60. The molecule has 0 saturated heterocycles. The number of hydrogen-bond acceptors (Lipinski definition) is 5. The second kappa shape index (κ2) is 5.16. The average molecular weight is 246 g/mol. The standard InChI is InChI=1S/C13H18N4O/c1-5-11-6-12(15-7-14-11)16-8(2)13-9(3)17-18-10(13)4/h6-8H,5H2,1-4H3,(H,14,15,16). The van der Waals surface area contributed by atoms with Gasteiger partial charge in [0.15, 0.2) is 0 Å². The van der Waals surface area contributed by atoms with Gasteiger partial charge in [0.25, 0.3) is 0 Å². The van der Waals surface area contributed by atoms with Crippen molar-refractivity contribution in [3.8, 4) is 0 Å². The average Bonchev–Trinajstić information content (AvgIpc) is 2.69. The normalized spacial score (nSPS) is 12.4. The van der Waals surface area contributed by atoms with E-state index in [1.807, 2.05) is 19.9 Å². The van der Waals surface area contributed by atoms with E-state index >= 15 is 0 Å². The van der Waals surface area contributed by atoms with E-state index < -0.39 is 0 Å². The Labute approximate surface area is 107 Å². The summed E-state index contributed by atoms with van der Waals surface area (Å²) in [7, 11) is 0. The van der Waals surface area contributed by atoms with Crippen LogP contribution in [-0.4, -0.2) is 15.1 Å². The molecule has 1 N–H and O–H groups in total. The van der Waals surface area contributed by atoms with E-state index in [0.717, 1.165) is 35.0 Å². The fourth-order valence-corrected chi connectivity index (χ4v) is 2.07. The maximum Gasteiger partial charge on any atom is 0.139 e. The molecule has 0 aliphatic heterocycles. The summed E-state index contributed by atoms with van der Waals surface area (Å²) in [6.07, 6.45) is 2.48. The van der Waals surface area contributed by atoms with Gasteiger partial charge in [0.2, 0.25) is 0 Å². The summed E-state index contributed by atoms with van der Waals surface area (Å²) in [6, 6.07) is 2.07. The first-order valence-corrected chi connectivity index (χ1v) is 6.12. The van der Waals surface area contributed by atoms with Crippen LogP contribution in [0.5, 0.6) is 0 Å². The minimum absolute atomic E-state index is 0.107. The molecule has 2 rings (SSSR count). The van der Waals surface area contributed by atoms with Gasteiger partial charge in [-0.05, 0) is 27.2 Å². The maximum atomic E-state index is 5.18. The highest BCUT2D eigenvalue weighted by Crippen LogP contribution is 2.24. The predicted octanol–water partition coefficient (Wildman–Crippen LogP) is 2.82. The zero-order valence-electron chi connectivity index (χ0n) is 11.2. The van der Waals surface area contributed by atoms with Crippen molar-refractivity contribution >= 4 is 5.82 Å².